The Hall–Kier alpha value is -1.40. The molecule has 1 aromatic rings. The van der Waals surface area contributed by atoms with E-state index in [-0.39, 0.29) is 11.5 Å². The Morgan fingerprint density at radius 3 is 2.87 bits per heavy atom. The van der Waals surface area contributed by atoms with E-state index >= 15 is 0 Å². The average molecular weight is 220 g/mol. The molecule has 2 nitrogen and oxygen atoms in total. The Bertz CT molecular complexity index is 427. The molecule has 3 heteroatoms. The first-order chi connectivity index (χ1) is 7.19. The molecular weight excluding hydrogens is 208 g/mol. The molecule has 1 rings (SSSR count). The molecule has 0 saturated carbocycles. The number of rotatable bonds is 2. The number of benzene rings is 1. The highest BCUT2D eigenvalue weighted by Crippen LogP contribution is 2.19. The predicted molar refractivity (Wildman–Crippen MR) is 63.5 cm³/mol. The van der Waals surface area contributed by atoms with Gasteiger partial charge in [0.25, 0.3) is 0 Å². The molecule has 0 aliphatic carbocycles. The summed E-state index contributed by atoms with van der Waals surface area (Å²) in [5.74, 6) is 6.04. The molecule has 0 aliphatic rings. The Morgan fingerprint density at radius 2 is 2.27 bits per heavy atom. The molecule has 0 heterocycles. The molecule has 0 radical (unpaired) electrons. The summed E-state index contributed by atoms with van der Waals surface area (Å²) in [5.41, 5.74) is 1.06. The lowest BCUT2D eigenvalue weighted by molar-refractivity contribution is 0.0985. The zero-order valence-corrected chi connectivity index (χ0v) is 9.34. The van der Waals surface area contributed by atoms with Crippen LogP contribution in [0.4, 0.5) is 0 Å². The van der Waals surface area contributed by atoms with Gasteiger partial charge in [0, 0.05) is 12.0 Å². The Morgan fingerprint density at radius 1 is 1.53 bits per heavy atom. The van der Waals surface area contributed by atoms with Crippen LogP contribution in [0.25, 0.3) is 0 Å². The van der Waals surface area contributed by atoms with Crippen molar-refractivity contribution in [3.63, 3.8) is 0 Å². The second kappa shape index (κ2) is 5.47. The molecule has 0 aliphatic heterocycles. The lowest BCUT2D eigenvalue weighted by atomic mass is 10.0. The van der Waals surface area contributed by atoms with Crippen molar-refractivity contribution >= 4 is 18.4 Å². The summed E-state index contributed by atoms with van der Waals surface area (Å²) in [7, 11) is 0. The topological polar surface area (TPSA) is 37.3 Å². The van der Waals surface area contributed by atoms with Crippen LogP contribution in [0, 0.1) is 11.8 Å². The van der Waals surface area contributed by atoms with Gasteiger partial charge < -0.3 is 5.11 Å². The van der Waals surface area contributed by atoms with Gasteiger partial charge >= 0.3 is 0 Å². The van der Waals surface area contributed by atoms with E-state index in [2.05, 4.69) is 24.5 Å². The van der Waals surface area contributed by atoms with Gasteiger partial charge in [-0.3, -0.25) is 4.79 Å². The maximum atomic E-state index is 11.4. The monoisotopic (exact) mass is 220 g/mol. The molecule has 0 amide bonds. The fourth-order valence-corrected chi connectivity index (χ4v) is 1.25. The first kappa shape index (κ1) is 11.7. The van der Waals surface area contributed by atoms with Gasteiger partial charge in [-0.25, -0.2) is 0 Å². The van der Waals surface area contributed by atoms with Crippen molar-refractivity contribution < 1.29 is 9.90 Å². The van der Waals surface area contributed by atoms with Crippen LogP contribution in [0.2, 0.25) is 0 Å². The van der Waals surface area contributed by atoms with Crippen LogP contribution in [0.15, 0.2) is 18.2 Å². The van der Waals surface area contributed by atoms with Crippen LogP contribution in [0.5, 0.6) is 5.75 Å². The number of aromatic hydroxyl groups is 1. The maximum absolute atomic E-state index is 11.4. The Balaban J connectivity index is 3.10. The van der Waals surface area contributed by atoms with E-state index in [0.29, 0.717) is 17.7 Å². The summed E-state index contributed by atoms with van der Waals surface area (Å²) in [6.45, 7) is 1.76. The Kier molecular flexibility index (Phi) is 4.26. The van der Waals surface area contributed by atoms with E-state index in [0.717, 1.165) is 5.56 Å². The lowest BCUT2D eigenvalue weighted by Gasteiger charge is -2.02. The fourth-order valence-electron chi connectivity index (χ4n) is 1.17. The number of carbonyl (C=O) groups excluding carboxylic acids is 1. The van der Waals surface area contributed by atoms with Crippen LogP contribution < -0.4 is 0 Å². The van der Waals surface area contributed by atoms with Gasteiger partial charge in [-0.2, -0.15) is 12.6 Å². The van der Waals surface area contributed by atoms with Crippen molar-refractivity contribution in [1.29, 1.82) is 0 Å². The third-order valence-corrected chi connectivity index (χ3v) is 2.09. The number of Topliss-reactive ketones (excluding diaryl/α,β-unsaturated/α-hetero) is 1. The van der Waals surface area contributed by atoms with Gasteiger partial charge in [-0.15, -0.1) is 0 Å². The molecule has 0 spiro atoms. The molecule has 0 unspecified atom stereocenters. The van der Waals surface area contributed by atoms with E-state index in [1.165, 1.54) is 6.07 Å². The number of ketones is 1. The number of hydrogen-bond acceptors (Lipinski definition) is 3. The highest BCUT2D eigenvalue weighted by atomic mass is 32.1. The molecule has 78 valence electrons. The van der Waals surface area contributed by atoms with Crippen LogP contribution >= 0.6 is 12.6 Å². The second-order valence-electron chi connectivity index (χ2n) is 2.97. The summed E-state index contributed by atoms with van der Waals surface area (Å²) in [4.78, 5) is 11.4. The number of phenolic OH excluding ortho intramolecular Hbond substituents is 1. The summed E-state index contributed by atoms with van der Waals surface area (Å²) in [5, 5.41) is 9.48. The van der Waals surface area contributed by atoms with Crippen molar-refractivity contribution in [1.82, 2.24) is 0 Å². The first-order valence-corrected chi connectivity index (χ1v) is 5.28. The lowest BCUT2D eigenvalue weighted by Crippen LogP contribution is -1.97. The van der Waals surface area contributed by atoms with E-state index in [1.807, 2.05) is 0 Å². The third-order valence-electron chi connectivity index (χ3n) is 1.93. The van der Waals surface area contributed by atoms with Crippen molar-refractivity contribution in [2.75, 3.05) is 5.75 Å². The second-order valence-corrected chi connectivity index (χ2v) is 3.28. The smallest absolute Gasteiger partial charge is 0.166 e. The minimum Gasteiger partial charge on any atom is -0.507 e. The third kappa shape index (κ3) is 3.03. The Labute approximate surface area is 94.7 Å². The summed E-state index contributed by atoms with van der Waals surface area (Å²) < 4.78 is 0. The standard InChI is InChI=1S/C12H12O2S/c1-2-11(13)10-8-9(4-3-7-15)5-6-12(10)14/h5-6,8,14-15H,2,7H2,1H3. The van der Waals surface area contributed by atoms with E-state index in [4.69, 9.17) is 0 Å². The van der Waals surface area contributed by atoms with Crippen LogP contribution in [0.3, 0.4) is 0 Å². The molecule has 1 aromatic carbocycles. The molecule has 0 atom stereocenters. The molecule has 1 N–H and O–H groups in total. The van der Waals surface area contributed by atoms with Crippen molar-refractivity contribution in [2.24, 2.45) is 0 Å². The van der Waals surface area contributed by atoms with Crippen LogP contribution in [0.1, 0.15) is 29.3 Å². The van der Waals surface area contributed by atoms with Gasteiger partial charge in [0.2, 0.25) is 0 Å². The van der Waals surface area contributed by atoms with Gasteiger partial charge in [0.1, 0.15) is 5.75 Å². The van der Waals surface area contributed by atoms with E-state index in [1.54, 1.807) is 19.1 Å². The number of thiol groups is 1. The number of phenols is 1. The zero-order valence-electron chi connectivity index (χ0n) is 8.45. The molecule has 0 aromatic heterocycles. The highest BCUT2D eigenvalue weighted by Gasteiger charge is 2.08. The predicted octanol–water partition coefficient (Wildman–Crippen LogP) is 2.27. The van der Waals surface area contributed by atoms with E-state index < -0.39 is 0 Å². The minimum absolute atomic E-state index is 0.0123. The average Bonchev–Trinajstić information content (AvgIpc) is 2.27. The fraction of sp³-hybridized carbons (Fsp3) is 0.250. The summed E-state index contributed by atoms with van der Waals surface area (Å²) >= 11 is 3.97. The van der Waals surface area contributed by atoms with Crippen molar-refractivity contribution in [3.8, 4) is 17.6 Å². The van der Waals surface area contributed by atoms with E-state index in [9.17, 15) is 9.90 Å². The molecule has 15 heavy (non-hydrogen) atoms. The van der Waals surface area contributed by atoms with Crippen LogP contribution in [-0.2, 0) is 0 Å². The zero-order chi connectivity index (χ0) is 11.3. The minimum atomic E-state index is -0.0815. The van der Waals surface area contributed by atoms with Crippen molar-refractivity contribution in [3.05, 3.63) is 29.3 Å². The first-order valence-electron chi connectivity index (χ1n) is 4.65. The quantitative estimate of drug-likeness (QED) is 0.456. The van der Waals surface area contributed by atoms with Gasteiger partial charge in [-0.05, 0) is 18.2 Å². The summed E-state index contributed by atoms with van der Waals surface area (Å²) in [6, 6.07) is 4.78. The van der Waals surface area contributed by atoms with Gasteiger partial charge in [0.15, 0.2) is 5.78 Å². The largest absolute Gasteiger partial charge is 0.507 e. The van der Waals surface area contributed by atoms with Crippen molar-refractivity contribution in [2.45, 2.75) is 13.3 Å². The SMILES string of the molecule is CCC(=O)c1cc(C#CCS)ccc1O. The molecular formula is C12H12O2S. The molecule has 0 bridgehead atoms. The normalized spacial score (nSPS) is 9.20. The molecule has 0 fully saturated rings. The molecule has 0 saturated heterocycles. The van der Waals surface area contributed by atoms with Crippen LogP contribution in [-0.4, -0.2) is 16.6 Å². The van der Waals surface area contributed by atoms with Gasteiger partial charge in [-0.1, -0.05) is 18.8 Å². The highest BCUT2D eigenvalue weighted by molar-refractivity contribution is 7.80. The van der Waals surface area contributed by atoms with Gasteiger partial charge in [0.05, 0.1) is 11.3 Å². The number of hydrogen-bond donors (Lipinski definition) is 2. The number of carbonyl (C=O) groups is 1. The maximum Gasteiger partial charge on any atom is 0.166 e. The summed E-state index contributed by atoms with van der Waals surface area (Å²) in [6.07, 6.45) is 0.372.